The van der Waals surface area contributed by atoms with Gasteiger partial charge in [0.25, 0.3) is 0 Å². The normalized spacial score (nSPS) is 24.1. The highest BCUT2D eigenvalue weighted by Gasteiger charge is 2.45. The Bertz CT molecular complexity index is 1190. The zero-order chi connectivity index (χ0) is 24.8. The van der Waals surface area contributed by atoms with Gasteiger partial charge in [-0.25, -0.2) is 13.2 Å². The van der Waals surface area contributed by atoms with Gasteiger partial charge in [-0.2, -0.15) is 13.2 Å². The Morgan fingerprint density at radius 1 is 1.12 bits per heavy atom. The Hall–Kier alpha value is -2.63. The number of aliphatic hydroxyl groups is 1. The van der Waals surface area contributed by atoms with E-state index in [2.05, 4.69) is 5.32 Å². The number of aromatic carboxylic acids is 1. The molecule has 2 aromatic rings. The van der Waals surface area contributed by atoms with E-state index < -0.39 is 33.9 Å². The summed E-state index contributed by atoms with van der Waals surface area (Å²) in [6, 6.07) is 9.25. The van der Waals surface area contributed by atoms with E-state index >= 15 is 0 Å². The number of carboxylic acids is 1. The molecule has 4 atom stereocenters. The molecule has 3 N–H and O–H groups in total. The number of alkyl halides is 3. The van der Waals surface area contributed by atoms with Gasteiger partial charge in [-0.3, -0.25) is 4.90 Å². The van der Waals surface area contributed by atoms with Crippen molar-refractivity contribution in [2.45, 2.75) is 36.2 Å². The van der Waals surface area contributed by atoms with Gasteiger partial charge in [-0.1, -0.05) is 18.2 Å². The topological polar surface area (TPSA) is 107 Å². The van der Waals surface area contributed by atoms with E-state index in [1.165, 1.54) is 24.3 Å². The van der Waals surface area contributed by atoms with Gasteiger partial charge in [0, 0.05) is 19.3 Å². The van der Waals surface area contributed by atoms with Gasteiger partial charge in [0.15, 0.2) is 16.2 Å². The zero-order valence-corrected chi connectivity index (χ0v) is 19.1. The monoisotopic (exact) mass is 498 g/mol. The average molecular weight is 499 g/mol. The Morgan fingerprint density at radius 2 is 1.74 bits per heavy atom. The maximum absolute atomic E-state index is 13.4. The van der Waals surface area contributed by atoms with Crippen LogP contribution in [0.3, 0.4) is 0 Å². The highest BCUT2D eigenvalue weighted by molar-refractivity contribution is 7.90. The number of sulfone groups is 1. The van der Waals surface area contributed by atoms with Crippen LogP contribution < -0.4 is 5.32 Å². The van der Waals surface area contributed by atoms with E-state index in [0.29, 0.717) is 31.5 Å². The number of likely N-dealkylation sites (tertiary alicyclic amines) is 1. The van der Waals surface area contributed by atoms with E-state index in [9.17, 15) is 36.6 Å². The fourth-order valence-corrected chi connectivity index (χ4v) is 5.84. The molecule has 2 aliphatic rings. The third-order valence-electron chi connectivity index (χ3n) is 6.77. The van der Waals surface area contributed by atoms with Crippen LogP contribution in [-0.4, -0.2) is 55.2 Å². The lowest BCUT2D eigenvalue weighted by atomic mass is 9.91. The second-order valence-electron chi connectivity index (χ2n) is 9.03. The van der Waals surface area contributed by atoms with Crippen LogP contribution in [0.1, 0.15) is 40.2 Å². The number of carboxylic acid groups (broad SMARTS) is 1. The van der Waals surface area contributed by atoms with Gasteiger partial charge in [-0.05, 0) is 60.4 Å². The Balaban J connectivity index is 1.44. The maximum Gasteiger partial charge on any atom is 0.416 e. The highest BCUT2D eigenvalue weighted by Crippen LogP contribution is 2.49. The number of benzene rings is 2. The first-order chi connectivity index (χ1) is 15.8. The van der Waals surface area contributed by atoms with Crippen molar-refractivity contribution in [3.8, 4) is 0 Å². The van der Waals surface area contributed by atoms with Gasteiger partial charge in [0.2, 0.25) is 0 Å². The molecule has 2 fully saturated rings. The average Bonchev–Trinajstić information content (AvgIpc) is 3.32. The van der Waals surface area contributed by atoms with Crippen molar-refractivity contribution < 1.29 is 36.6 Å². The number of carbonyl (C=O) groups is 1. The zero-order valence-electron chi connectivity index (χ0n) is 18.3. The van der Waals surface area contributed by atoms with E-state index in [1.807, 2.05) is 0 Å². The molecular weight excluding hydrogens is 473 g/mol. The van der Waals surface area contributed by atoms with Crippen LogP contribution in [0, 0.1) is 11.8 Å². The molecule has 184 valence electrons. The molecule has 1 saturated carbocycles. The number of hydrogen-bond donors (Lipinski definition) is 3. The third-order valence-corrected chi connectivity index (χ3v) is 7.88. The van der Waals surface area contributed by atoms with Gasteiger partial charge in [0.1, 0.15) is 0 Å². The largest absolute Gasteiger partial charge is 0.478 e. The van der Waals surface area contributed by atoms with Crippen LogP contribution in [0.5, 0.6) is 0 Å². The summed E-state index contributed by atoms with van der Waals surface area (Å²) in [5, 5.41) is 22.9. The first-order valence-corrected chi connectivity index (χ1v) is 12.7. The summed E-state index contributed by atoms with van der Waals surface area (Å²) in [6.45, 7) is 0.903. The quantitative estimate of drug-likeness (QED) is 0.523. The summed E-state index contributed by atoms with van der Waals surface area (Å²) < 4.78 is 63.7. The minimum atomic E-state index is -4.41. The molecule has 0 amide bonds. The van der Waals surface area contributed by atoms with E-state index in [-0.39, 0.29) is 33.9 Å². The summed E-state index contributed by atoms with van der Waals surface area (Å²) in [6.07, 6.45) is -3.52. The van der Waals surface area contributed by atoms with E-state index in [4.69, 9.17) is 0 Å². The molecule has 0 spiro atoms. The predicted octanol–water partition coefficient (Wildman–Crippen LogP) is 3.62. The minimum Gasteiger partial charge on any atom is -0.478 e. The van der Waals surface area contributed by atoms with Crippen LogP contribution in [0.25, 0.3) is 0 Å². The van der Waals surface area contributed by atoms with Crippen molar-refractivity contribution in [1.29, 1.82) is 0 Å². The maximum atomic E-state index is 13.4. The molecule has 1 aliphatic heterocycles. The Kier molecular flexibility index (Phi) is 6.38. The highest BCUT2D eigenvalue weighted by atomic mass is 32.2. The molecule has 1 aliphatic carbocycles. The second kappa shape index (κ2) is 8.86. The second-order valence-corrected chi connectivity index (χ2v) is 11.0. The van der Waals surface area contributed by atoms with Crippen molar-refractivity contribution in [1.82, 2.24) is 4.90 Å². The Labute approximate surface area is 195 Å². The number of aliphatic hydroxyl groups excluding tert-OH is 1. The van der Waals surface area contributed by atoms with Gasteiger partial charge < -0.3 is 15.5 Å². The summed E-state index contributed by atoms with van der Waals surface area (Å²) in [4.78, 5) is 13.2. The summed E-state index contributed by atoms with van der Waals surface area (Å²) in [7, 11) is -3.61. The van der Waals surface area contributed by atoms with Crippen molar-refractivity contribution in [2.24, 2.45) is 11.8 Å². The van der Waals surface area contributed by atoms with Crippen LogP contribution in [0.15, 0.2) is 47.4 Å². The third kappa shape index (κ3) is 4.91. The fourth-order valence-electron chi connectivity index (χ4n) is 5.19. The standard InChI is InChI=1S/C23H25F3N2O5S/c1-34(32,33)16-6-7-20(18(10-16)21(29)30)27-22(31)28-11-14-8-13(9-15(14)12-28)17-4-2-3-5-19(17)23(24,25)26/h2-7,10,13-15,22,27,31H,8-9,11-12H2,1H3,(H,29,30)/t13-,14-,15+,22?. The smallest absolute Gasteiger partial charge is 0.416 e. The summed E-state index contributed by atoms with van der Waals surface area (Å²) >= 11 is 0. The molecule has 1 unspecified atom stereocenters. The fraction of sp³-hybridized carbons (Fsp3) is 0.435. The van der Waals surface area contributed by atoms with Gasteiger partial charge in [-0.15, -0.1) is 0 Å². The van der Waals surface area contributed by atoms with E-state index in [1.54, 1.807) is 11.0 Å². The first-order valence-electron chi connectivity index (χ1n) is 10.8. The summed E-state index contributed by atoms with van der Waals surface area (Å²) in [5.41, 5.74) is -0.504. The van der Waals surface area contributed by atoms with Crippen LogP contribution in [0.4, 0.5) is 18.9 Å². The molecule has 0 bridgehead atoms. The lowest BCUT2D eigenvalue weighted by Crippen LogP contribution is -2.40. The SMILES string of the molecule is CS(=O)(=O)c1ccc(NC(O)N2C[C@H]3C[C@@H](c4ccccc4C(F)(F)F)C[C@H]3C2)c(C(=O)O)c1. The van der Waals surface area contributed by atoms with Crippen molar-refractivity contribution in [3.63, 3.8) is 0 Å². The van der Waals surface area contributed by atoms with Crippen molar-refractivity contribution in [2.75, 3.05) is 24.7 Å². The summed E-state index contributed by atoms with van der Waals surface area (Å²) in [5.74, 6) is -1.34. The number of rotatable bonds is 6. The number of nitrogens with zero attached hydrogens (tertiary/aromatic N) is 1. The predicted molar refractivity (Wildman–Crippen MR) is 118 cm³/mol. The van der Waals surface area contributed by atoms with E-state index in [0.717, 1.165) is 18.4 Å². The van der Waals surface area contributed by atoms with Gasteiger partial charge in [0.05, 0.1) is 21.7 Å². The van der Waals surface area contributed by atoms with Crippen molar-refractivity contribution in [3.05, 3.63) is 59.2 Å². The minimum absolute atomic E-state index is 0.0708. The molecule has 34 heavy (non-hydrogen) atoms. The van der Waals surface area contributed by atoms with Crippen LogP contribution >= 0.6 is 0 Å². The molecule has 0 radical (unpaired) electrons. The first kappa shape index (κ1) is 24.5. The molecule has 7 nitrogen and oxygen atoms in total. The molecule has 2 aromatic carbocycles. The number of nitrogens with one attached hydrogen (secondary N) is 1. The molecular formula is C23H25F3N2O5S. The van der Waals surface area contributed by atoms with Crippen molar-refractivity contribution >= 4 is 21.5 Å². The lowest BCUT2D eigenvalue weighted by Gasteiger charge is -2.27. The molecule has 1 heterocycles. The molecule has 4 rings (SSSR count). The Morgan fingerprint density at radius 3 is 2.29 bits per heavy atom. The van der Waals surface area contributed by atoms with Gasteiger partial charge >= 0.3 is 12.1 Å². The number of hydrogen-bond acceptors (Lipinski definition) is 6. The number of anilines is 1. The lowest BCUT2D eigenvalue weighted by molar-refractivity contribution is -0.138. The molecule has 11 heteroatoms. The molecule has 0 aromatic heterocycles. The van der Waals surface area contributed by atoms with Crippen LogP contribution in [-0.2, 0) is 16.0 Å². The van der Waals surface area contributed by atoms with Crippen LogP contribution in [0.2, 0.25) is 0 Å². The molecule has 1 saturated heterocycles. The number of fused-ring (bicyclic) bond motifs is 1. The number of halogens is 3.